The standard InChI is InChI=1S/C25H20ClF3N2OS/c1-24(2,32)23-15-21(31(30-23)20-6-4-3-5-19(20)26)22-14-13-18(33-22)12-9-16-7-10-17(11-8-16)25(27,28)29/h3-15,32H,1-2H3. The normalized spacial score (nSPS) is 12.6. The van der Waals surface area contributed by atoms with Gasteiger partial charge in [-0.25, -0.2) is 4.68 Å². The molecule has 0 amide bonds. The first-order valence-electron chi connectivity index (χ1n) is 10.1. The number of thiophene rings is 1. The molecule has 0 atom stereocenters. The number of aromatic nitrogens is 2. The largest absolute Gasteiger partial charge is 0.416 e. The van der Waals surface area contributed by atoms with Gasteiger partial charge in [-0.2, -0.15) is 18.3 Å². The average molecular weight is 489 g/mol. The monoisotopic (exact) mass is 488 g/mol. The molecule has 0 saturated heterocycles. The Morgan fingerprint density at radius 1 is 0.970 bits per heavy atom. The van der Waals surface area contributed by atoms with E-state index in [2.05, 4.69) is 5.10 Å². The molecule has 0 aliphatic heterocycles. The molecule has 0 saturated carbocycles. The van der Waals surface area contributed by atoms with Crippen LogP contribution in [0.25, 0.3) is 28.4 Å². The lowest BCUT2D eigenvalue weighted by atomic mass is 10.1. The zero-order chi connectivity index (χ0) is 23.8. The van der Waals surface area contributed by atoms with Crippen molar-refractivity contribution in [1.29, 1.82) is 0 Å². The third kappa shape index (κ3) is 5.21. The van der Waals surface area contributed by atoms with E-state index in [0.717, 1.165) is 27.6 Å². The van der Waals surface area contributed by atoms with Crippen molar-refractivity contribution >= 4 is 35.1 Å². The highest BCUT2D eigenvalue weighted by Gasteiger charge is 2.29. The third-order valence-corrected chi connectivity index (χ3v) is 6.37. The van der Waals surface area contributed by atoms with Gasteiger partial charge in [0.1, 0.15) is 5.60 Å². The predicted octanol–water partition coefficient (Wildman–Crippen LogP) is 7.67. The summed E-state index contributed by atoms with van der Waals surface area (Å²) in [6, 6.07) is 18.0. The van der Waals surface area contributed by atoms with Gasteiger partial charge in [0.2, 0.25) is 0 Å². The van der Waals surface area contributed by atoms with Gasteiger partial charge in [0, 0.05) is 4.88 Å². The molecule has 0 spiro atoms. The van der Waals surface area contributed by atoms with E-state index >= 15 is 0 Å². The molecule has 2 aromatic carbocycles. The van der Waals surface area contributed by atoms with Crippen LogP contribution in [-0.4, -0.2) is 14.9 Å². The summed E-state index contributed by atoms with van der Waals surface area (Å²) in [4.78, 5) is 1.83. The van der Waals surface area contributed by atoms with E-state index in [1.54, 1.807) is 30.7 Å². The summed E-state index contributed by atoms with van der Waals surface area (Å²) >= 11 is 7.90. The molecule has 2 heterocycles. The lowest BCUT2D eigenvalue weighted by Gasteiger charge is -2.13. The molecule has 0 aliphatic rings. The molecule has 0 unspecified atom stereocenters. The number of aliphatic hydroxyl groups is 1. The van der Waals surface area contributed by atoms with Gasteiger partial charge in [-0.05, 0) is 68.0 Å². The number of hydrogen-bond donors (Lipinski definition) is 1. The Labute approximate surface area is 198 Å². The second-order valence-electron chi connectivity index (χ2n) is 7.99. The minimum Gasteiger partial charge on any atom is -0.384 e. The minimum absolute atomic E-state index is 0.507. The van der Waals surface area contributed by atoms with Crippen LogP contribution in [0.5, 0.6) is 0 Å². The quantitative estimate of drug-likeness (QED) is 0.313. The molecule has 0 fully saturated rings. The first kappa shape index (κ1) is 23.3. The van der Waals surface area contributed by atoms with E-state index in [0.29, 0.717) is 22.0 Å². The van der Waals surface area contributed by atoms with Crippen LogP contribution in [0.4, 0.5) is 13.2 Å². The van der Waals surface area contributed by atoms with E-state index in [9.17, 15) is 18.3 Å². The van der Waals surface area contributed by atoms with Gasteiger partial charge in [-0.3, -0.25) is 0 Å². The number of hydrogen-bond acceptors (Lipinski definition) is 3. The van der Waals surface area contributed by atoms with Crippen LogP contribution in [-0.2, 0) is 11.8 Å². The Kier molecular flexibility index (Phi) is 6.22. The molecule has 2 aromatic heterocycles. The Balaban J connectivity index is 1.66. The van der Waals surface area contributed by atoms with Gasteiger partial charge in [-0.15, -0.1) is 11.3 Å². The van der Waals surface area contributed by atoms with Crippen molar-refractivity contribution in [3.05, 3.63) is 93.5 Å². The number of nitrogens with zero attached hydrogens (tertiary/aromatic N) is 2. The Bertz CT molecular complexity index is 1300. The summed E-state index contributed by atoms with van der Waals surface area (Å²) in [5, 5.41) is 15.6. The number of para-hydroxylation sites is 1. The summed E-state index contributed by atoms with van der Waals surface area (Å²) in [6.45, 7) is 3.34. The van der Waals surface area contributed by atoms with E-state index in [4.69, 9.17) is 11.6 Å². The lowest BCUT2D eigenvalue weighted by molar-refractivity contribution is -0.137. The molecule has 1 N–H and O–H groups in total. The highest BCUT2D eigenvalue weighted by molar-refractivity contribution is 7.16. The second-order valence-corrected chi connectivity index (χ2v) is 9.51. The second kappa shape index (κ2) is 8.82. The molecule has 0 bridgehead atoms. The van der Waals surface area contributed by atoms with Crippen molar-refractivity contribution in [2.75, 3.05) is 0 Å². The van der Waals surface area contributed by atoms with Crippen molar-refractivity contribution in [3.8, 4) is 16.3 Å². The summed E-state index contributed by atoms with van der Waals surface area (Å²) < 4.78 is 39.9. The molecular formula is C25H20ClF3N2OS. The molecule has 0 radical (unpaired) electrons. The zero-order valence-electron chi connectivity index (χ0n) is 17.8. The van der Waals surface area contributed by atoms with Crippen molar-refractivity contribution in [2.24, 2.45) is 0 Å². The molecular weight excluding hydrogens is 469 g/mol. The van der Waals surface area contributed by atoms with E-state index in [1.807, 2.05) is 42.5 Å². The first-order chi connectivity index (χ1) is 15.5. The predicted molar refractivity (Wildman–Crippen MR) is 128 cm³/mol. The van der Waals surface area contributed by atoms with Crippen molar-refractivity contribution < 1.29 is 18.3 Å². The van der Waals surface area contributed by atoms with Crippen LogP contribution in [0.1, 0.15) is 35.5 Å². The summed E-state index contributed by atoms with van der Waals surface area (Å²) in [6.07, 6.45) is -0.731. The van der Waals surface area contributed by atoms with Gasteiger partial charge in [0.05, 0.1) is 32.5 Å². The minimum atomic E-state index is -4.35. The first-order valence-corrected chi connectivity index (χ1v) is 11.3. The SMILES string of the molecule is CC(C)(O)c1cc(-c2ccc(C=Cc3ccc(C(F)(F)F)cc3)s2)n(-c2ccccc2Cl)n1. The molecule has 8 heteroatoms. The maximum atomic E-state index is 12.7. The van der Waals surface area contributed by atoms with E-state index in [1.165, 1.54) is 23.5 Å². The highest BCUT2D eigenvalue weighted by atomic mass is 35.5. The number of benzene rings is 2. The van der Waals surface area contributed by atoms with E-state index < -0.39 is 17.3 Å². The third-order valence-electron chi connectivity index (χ3n) is 4.97. The van der Waals surface area contributed by atoms with Gasteiger partial charge in [-0.1, -0.05) is 41.9 Å². The molecule has 3 nitrogen and oxygen atoms in total. The highest BCUT2D eigenvalue weighted by Crippen LogP contribution is 2.35. The molecule has 4 rings (SSSR count). The van der Waals surface area contributed by atoms with Crippen LogP contribution in [0, 0.1) is 0 Å². The maximum absolute atomic E-state index is 12.7. The lowest BCUT2D eigenvalue weighted by Crippen LogP contribution is -2.16. The Morgan fingerprint density at radius 2 is 1.67 bits per heavy atom. The van der Waals surface area contributed by atoms with Gasteiger partial charge < -0.3 is 5.11 Å². The van der Waals surface area contributed by atoms with Crippen LogP contribution in [0.15, 0.2) is 66.7 Å². The Morgan fingerprint density at radius 3 is 2.30 bits per heavy atom. The number of alkyl halides is 3. The van der Waals surface area contributed by atoms with E-state index in [-0.39, 0.29) is 0 Å². The van der Waals surface area contributed by atoms with Gasteiger partial charge in [0.15, 0.2) is 0 Å². The Hall–Kier alpha value is -2.87. The van der Waals surface area contributed by atoms with Crippen LogP contribution in [0.3, 0.4) is 0 Å². The molecule has 0 aliphatic carbocycles. The molecule has 4 aromatic rings. The van der Waals surface area contributed by atoms with Crippen LogP contribution in [0.2, 0.25) is 5.02 Å². The maximum Gasteiger partial charge on any atom is 0.416 e. The summed E-state index contributed by atoms with van der Waals surface area (Å²) in [7, 11) is 0. The number of halogens is 4. The number of rotatable bonds is 5. The van der Waals surface area contributed by atoms with Crippen molar-refractivity contribution in [1.82, 2.24) is 9.78 Å². The average Bonchev–Trinajstić information content (AvgIpc) is 3.39. The fourth-order valence-electron chi connectivity index (χ4n) is 3.20. The van der Waals surface area contributed by atoms with Gasteiger partial charge in [0.25, 0.3) is 0 Å². The van der Waals surface area contributed by atoms with Crippen LogP contribution >= 0.6 is 22.9 Å². The summed E-state index contributed by atoms with van der Waals surface area (Å²) in [5.74, 6) is 0. The fraction of sp³-hybridized carbons (Fsp3) is 0.160. The zero-order valence-corrected chi connectivity index (χ0v) is 19.3. The van der Waals surface area contributed by atoms with Crippen LogP contribution < -0.4 is 0 Å². The van der Waals surface area contributed by atoms with Crippen molar-refractivity contribution in [3.63, 3.8) is 0 Å². The molecule has 170 valence electrons. The summed E-state index contributed by atoms with van der Waals surface area (Å²) in [5.41, 5.74) is 0.841. The van der Waals surface area contributed by atoms with Crippen molar-refractivity contribution in [2.45, 2.75) is 25.6 Å². The molecule has 33 heavy (non-hydrogen) atoms. The smallest absolute Gasteiger partial charge is 0.384 e. The van der Waals surface area contributed by atoms with Gasteiger partial charge >= 0.3 is 6.18 Å². The fourth-order valence-corrected chi connectivity index (χ4v) is 4.33. The topological polar surface area (TPSA) is 38.0 Å².